The van der Waals surface area contributed by atoms with Gasteiger partial charge in [0.15, 0.2) is 11.5 Å². The molecular formula is C34H30ClF3N10O2. The summed E-state index contributed by atoms with van der Waals surface area (Å²) in [6.07, 6.45) is 1.39. The number of fused-ring (bicyclic) bond motifs is 6. The third-order valence-electron chi connectivity index (χ3n) is 9.32. The summed E-state index contributed by atoms with van der Waals surface area (Å²) in [4.78, 5) is 36.2. The fourth-order valence-electron chi connectivity index (χ4n) is 7.03. The van der Waals surface area contributed by atoms with Crippen molar-refractivity contribution >= 4 is 51.2 Å². The summed E-state index contributed by atoms with van der Waals surface area (Å²) in [5, 5.41) is 8.09. The van der Waals surface area contributed by atoms with Crippen LogP contribution in [0, 0.1) is 24.4 Å². The summed E-state index contributed by atoms with van der Waals surface area (Å²) in [6, 6.07) is 10.5. The molecule has 6 aromatic rings. The summed E-state index contributed by atoms with van der Waals surface area (Å²) in [5.74, 6) is -0.665. The number of amides is 1. The van der Waals surface area contributed by atoms with Gasteiger partial charge in [-0.1, -0.05) is 6.07 Å². The molecule has 2 aliphatic rings. The van der Waals surface area contributed by atoms with E-state index < -0.39 is 29.6 Å². The summed E-state index contributed by atoms with van der Waals surface area (Å²) in [5.41, 5.74) is 2.51. The monoisotopic (exact) mass is 702 g/mol. The first kappa shape index (κ1) is 32.0. The quantitative estimate of drug-likeness (QED) is 0.250. The first-order valence-electron chi connectivity index (χ1n) is 15.9. The largest absolute Gasteiger partial charge is 0.378 e. The maximum atomic E-state index is 15.0. The molecule has 4 bridgehead atoms. The molecule has 8 rings (SSSR count). The molecule has 1 N–H and O–H groups in total. The number of imidazole rings is 1. The molecular weight excluding hydrogens is 673 g/mol. The summed E-state index contributed by atoms with van der Waals surface area (Å²) in [7, 11) is 3.30. The van der Waals surface area contributed by atoms with Crippen LogP contribution in [0.1, 0.15) is 12.2 Å². The molecule has 0 radical (unpaired) electrons. The number of anilines is 2. The number of likely N-dealkylation sites (N-methyl/N-ethyl adjacent to an activating group) is 1. The lowest BCUT2D eigenvalue weighted by Crippen LogP contribution is -2.47. The van der Waals surface area contributed by atoms with Crippen LogP contribution in [0.4, 0.5) is 24.8 Å². The fourth-order valence-corrected chi connectivity index (χ4v) is 7.19. The predicted octanol–water partition coefficient (Wildman–Crippen LogP) is 5.15. The predicted molar refractivity (Wildman–Crippen MR) is 181 cm³/mol. The van der Waals surface area contributed by atoms with Gasteiger partial charge < -0.3 is 24.4 Å². The Morgan fingerprint density at radius 3 is 2.62 bits per heavy atom. The first-order valence-corrected chi connectivity index (χ1v) is 16.3. The van der Waals surface area contributed by atoms with Gasteiger partial charge in [0.1, 0.15) is 40.8 Å². The van der Waals surface area contributed by atoms with Crippen LogP contribution in [0.2, 0.25) is 5.28 Å². The molecule has 1 unspecified atom stereocenters. The van der Waals surface area contributed by atoms with Crippen LogP contribution < -0.4 is 10.2 Å². The maximum Gasteiger partial charge on any atom is 0.245 e. The van der Waals surface area contributed by atoms with E-state index in [4.69, 9.17) is 21.3 Å². The molecule has 0 aliphatic carbocycles. The number of aromatic nitrogens is 7. The summed E-state index contributed by atoms with van der Waals surface area (Å²) >= 11 is 6.46. The average molecular weight is 703 g/mol. The van der Waals surface area contributed by atoms with E-state index >= 15 is 0 Å². The lowest BCUT2D eigenvalue weighted by molar-refractivity contribution is -0.132. The van der Waals surface area contributed by atoms with E-state index in [2.05, 4.69) is 25.4 Å². The van der Waals surface area contributed by atoms with Crippen molar-refractivity contribution in [3.05, 3.63) is 83.3 Å². The molecule has 0 saturated carbocycles. The fraction of sp³-hybridized carbons (Fsp3) is 0.294. The minimum atomic E-state index is -0.834. The van der Waals surface area contributed by atoms with E-state index in [-0.39, 0.29) is 35.1 Å². The van der Waals surface area contributed by atoms with Crippen LogP contribution in [-0.2, 0) is 16.1 Å². The second kappa shape index (κ2) is 12.2. The molecule has 50 heavy (non-hydrogen) atoms. The minimum absolute atomic E-state index is 0.0275. The Bertz CT molecular complexity index is 2310. The highest BCUT2D eigenvalue weighted by molar-refractivity contribution is 6.28. The number of hydrogen-bond acceptors (Lipinski definition) is 9. The van der Waals surface area contributed by atoms with E-state index in [1.165, 1.54) is 29.1 Å². The van der Waals surface area contributed by atoms with Crippen LogP contribution in [0.15, 0.2) is 54.7 Å². The number of methoxy groups -OCH3 is 1. The normalized spacial score (nSPS) is 19.6. The number of rotatable bonds is 3. The van der Waals surface area contributed by atoms with Gasteiger partial charge in [0.25, 0.3) is 0 Å². The SMILES string of the molecule is CO[C@H]1CN(C)C(=O)[C@@H]2CC(CN2c2nc(Cl)nc3c2cnn3-c2ccc(F)cc2F)Nc2cccc(n2)-c2cc(F)cc3nc(C)n(c23)C1. The highest BCUT2D eigenvalue weighted by atomic mass is 35.5. The zero-order chi connectivity index (χ0) is 34.8. The molecule has 1 fully saturated rings. The van der Waals surface area contributed by atoms with Gasteiger partial charge in [-0.15, -0.1) is 0 Å². The topological polar surface area (TPSA) is 119 Å². The molecule has 1 amide bonds. The molecule has 4 aromatic heterocycles. The minimum Gasteiger partial charge on any atom is -0.378 e. The molecule has 256 valence electrons. The van der Waals surface area contributed by atoms with Crippen LogP contribution in [0.25, 0.3) is 39.0 Å². The van der Waals surface area contributed by atoms with Gasteiger partial charge in [-0.2, -0.15) is 15.1 Å². The van der Waals surface area contributed by atoms with Gasteiger partial charge in [0.05, 0.1) is 41.0 Å². The number of halogens is 4. The zero-order valence-corrected chi connectivity index (χ0v) is 27.9. The number of pyridine rings is 1. The van der Waals surface area contributed by atoms with Crippen molar-refractivity contribution in [1.29, 1.82) is 0 Å². The molecule has 2 aromatic carbocycles. The molecule has 3 atom stereocenters. The number of nitrogens with zero attached hydrogens (tertiary/aromatic N) is 9. The van der Waals surface area contributed by atoms with Crippen molar-refractivity contribution < 1.29 is 22.7 Å². The smallest absolute Gasteiger partial charge is 0.245 e. The van der Waals surface area contributed by atoms with Crippen LogP contribution >= 0.6 is 11.6 Å². The van der Waals surface area contributed by atoms with E-state index in [1.807, 2.05) is 34.6 Å². The van der Waals surface area contributed by atoms with Crippen molar-refractivity contribution in [3.8, 4) is 16.9 Å². The van der Waals surface area contributed by atoms with Crippen LogP contribution in [0.3, 0.4) is 0 Å². The number of carbonyl (C=O) groups excluding carboxylic acids is 1. The summed E-state index contributed by atoms with van der Waals surface area (Å²) in [6.45, 7) is 2.73. The number of carbonyl (C=O) groups is 1. The molecule has 16 heteroatoms. The molecule has 12 nitrogen and oxygen atoms in total. The second-order valence-corrected chi connectivity index (χ2v) is 12.9. The van der Waals surface area contributed by atoms with Crippen molar-refractivity contribution in [2.75, 3.05) is 37.5 Å². The third-order valence-corrected chi connectivity index (χ3v) is 9.49. The van der Waals surface area contributed by atoms with Crippen molar-refractivity contribution in [2.24, 2.45) is 0 Å². The average Bonchev–Trinajstić information content (AvgIpc) is 3.78. The lowest BCUT2D eigenvalue weighted by atomic mass is 10.1. The Hall–Kier alpha value is -5.28. The van der Waals surface area contributed by atoms with Gasteiger partial charge in [0.2, 0.25) is 11.2 Å². The lowest BCUT2D eigenvalue weighted by Gasteiger charge is -2.31. The maximum absolute atomic E-state index is 15.0. The van der Waals surface area contributed by atoms with Gasteiger partial charge in [-0.3, -0.25) is 4.79 Å². The molecule has 6 heterocycles. The molecule has 1 saturated heterocycles. The summed E-state index contributed by atoms with van der Waals surface area (Å²) < 4.78 is 52.6. The van der Waals surface area contributed by atoms with Crippen molar-refractivity contribution in [1.82, 2.24) is 39.2 Å². The van der Waals surface area contributed by atoms with Gasteiger partial charge >= 0.3 is 0 Å². The van der Waals surface area contributed by atoms with Gasteiger partial charge in [-0.25, -0.2) is 27.8 Å². The van der Waals surface area contributed by atoms with E-state index in [9.17, 15) is 18.0 Å². The zero-order valence-electron chi connectivity index (χ0n) is 27.1. The Kier molecular flexibility index (Phi) is 7.83. The standard InChI is InChI=1S/C34H30ClF3N10O2/c1-17-40-26-11-19(37)9-22-25-5-4-6-29(42-25)41-20-12-28(33(49)45(2)15-21(50-3)16-46(17)30(22)26)47(14-20)31-23-13-39-48(32(23)44-34(35)43-31)27-8-7-18(36)10-24(27)38/h4-11,13,20-21,28H,12,14-16H2,1-3H3,(H,41,42)/t20?,21-,28-/m0/s1. The van der Waals surface area contributed by atoms with Crippen molar-refractivity contribution in [3.63, 3.8) is 0 Å². The van der Waals surface area contributed by atoms with Gasteiger partial charge in [-0.05, 0) is 55.3 Å². The Morgan fingerprint density at radius 2 is 1.82 bits per heavy atom. The Morgan fingerprint density at radius 1 is 0.980 bits per heavy atom. The highest BCUT2D eigenvalue weighted by Crippen LogP contribution is 2.35. The number of aryl methyl sites for hydroxylation is 1. The van der Waals surface area contributed by atoms with Crippen LogP contribution in [-0.4, -0.2) is 90.5 Å². The van der Waals surface area contributed by atoms with Gasteiger partial charge in [0, 0.05) is 51.0 Å². The van der Waals surface area contributed by atoms with Crippen LogP contribution in [0.5, 0.6) is 0 Å². The molecule has 2 aliphatic heterocycles. The third kappa shape index (κ3) is 5.46. The number of nitrogens with one attached hydrogen (secondary N) is 1. The van der Waals surface area contributed by atoms with E-state index in [1.54, 1.807) is 19.1 Å². The Labute approximate surface area is 288 Å². The first-order chi connectivity index (χ1) is 24.1. The highest BCUT2D eigenvalue weighted by Gasteiger charge is 2.41. The number of benzene rings is 2. The van der Waals surface area contributed by atoms with E-state index in [0.29, 0.717) is 59.1 Å². The number of hydrogen-bond donors (Lipinski definition) is 1. The number of ether oxygens (including phenoxy) is 1. The van der Waals surface area contributed by atoms with Crippen molar-refractivity contribution in [2.45, 2.75) is 38.1 Å². The molecule has 0 spiro atoms. The van der Waals surface area contributed by atoms with E-state index in [0.717, 1.165) is 17.6 Å². The Balaban J connectivity index is 1.24. The second-order valence-electron chi connectivity index (χ2n) is 12.5.